The van der Waals surface area contributed by atoms with E-state index in [1.807, 2.05) is 0 Å². The van der Waals surface area contributed by atoms with Crippen molar-refractivity contribution in [2.24, 2.45) is 11.8 Å². The van der Waals surface area contributed by atoms with E-state index in [2.05, 4.69) is 19.2 Å². The highest BCUT2D eigenvalue weighted by Crippen LogP contribution is 2.29. The number of ether oxygens (including phenoxy) is 1. The Morgan fingerprint density at radius 2 is 1.94 bits per heavy atom. The van der Waals surface area contributed by atoms with Crippen LogP contribution in [-0.4, -0.2) is 18.6 Å². The van der Waals surface area contributed by atoms with E-state index in [0.29, 0.717) is 39.7 Å². The molecule has 1 amide bonds. The molecule has 0 spiro atoms. The molecule has 6 heteroatoms. The Hall–Kier alpha value is -3.15. The van der Waals surface area contributed by atoms with Gasteiger partial charge < -0.3 is 14.5 Å². The molecular formula is C25H26FNO4. The molecule has 3 aromatic rings. The molecule has 5 nitrogen and oxygen atoms in total. The van der Waals surface area contributed by atoms with E-state index >= 15 is 0 Å². The fourth-order valence-electron chi connectivity index (χ4n) is 4.21. The summed E-state index contributed by atoms with van der Waals surface area (Å²) in [6, 6.07) is 10.7. The number of rotatable bonds is 5. The van der Waals surface area contributed by atoms with Crippen molar-refractivity contribution >= 4 is 16.9 Å². The highest BCUT2D eigenvalue weighted by molar-refractivity contribution is 5.83. The Balaban J connectivity index is 1.44. The van der Waals surface area contributed by atoms with E-state index in [-0.39, 0.29) is 29.8 Å². The van der Waals surface area contributed by atoms with E-state index < -0.39 is 0 Å². The first-order valence-corrected chi connectivity index (χ1v) is 10.7. The molecular weight excluding hydrogens is 397 g/mol. The summed E-state index contributed by atoms with van der Waals surface area (Å²) < 4.78 is 24.4. The molecule has 1 N–H and O–H groups in total. The molecule has 4 rings (SSSR count). The number of hydrogen-bond donors (Lipinski definition) is 1. The van der Waals surface area contributed by atoms with Gasteiger partial charge in [-0.15, -0.1) is 0 Å². The van der Waals surface area contributed by atoms with Crippen LogP contribution in [0.15, 0.2) is 57.9 Å². The number of nitrogens with one attached hydrogen (secondary N) is 1. The van der Waals surface area contributed by atoms with E-state index in [9.17, 15) is 14.0 Å². The van der Waals surface area contributed by atoms with Gasteiger partial charge in [0.25, 0.3) is 5.91 Å². The standard InChI is InChI=1S/C25H26FNO4/c1-15-4-3-5-22(16(15)2)27-24(28)14-30-19-10-11-20-23(12-19)31-13-21(25(20)29)17-6-8-18(26)9-7-17/h6-13,15-16,22H,3-5,14H2,1-2H3,(H,27,28)/t15-,16-,22+/m1/s1. The average molecular weight is 423 g/mol. The maximum absolute atomic E-state index is 13.2. The Kier molecular flexibility index (Phi) is 6.07. The van der Waals surface area contributed by atoms with Gasteiger partial charge in [-0.3, -0.25) is 9.59 Å². The lowest BCUT2D eigenvalue weighted by Gasteiger charge is -2.34. The molecule has 0 bridgehead atoms. The van der Waals surface area contributed by atoms with Crippen molar-refractivity contribution in [1.29, 1.82) is 0 Å². The quantitative estimate of drug-likeness (QED) is 0.633. The Labute approximate surface area is 180 Å². The monoisotopic (exact) mass is 423 g/mol. The lowest BCUT2D eigenvalue weighted by atomic mass is 9.78. The number of hydrogen-bond acceptors (Lipinski definition) is 4. The first-order chi connectivity index (χ1) is 14.9. The van der Waals surface area contributed by atoms with Crippen LogP contribution in [0.5, 0.6) is 5.75 Å². The summed E-state index contributed by atoms with van der Waals surface area (Å²) in [6.45, 7) is 4.31. The molecule has 0 unspecified atom stereocenters. The predicted molar refractivity (Wildman–Crippen MR) is 117 cm³/mol. The summed E-state index contributed by atoms with van der Waals surface area (Å²) in [4.78, 5) is 25.2. The first kappa shape index (κ1) is 21.1. The summed E-state index contributed by atoms with van der Waals surface area (Å²) in [5.41, 5.74) is 1.10. The molecule has 0 saturated heterocycles. The van der Waals surface area contributed by atoms with Gasteiger partial charge in [-0.05, 0) is 48.1 Å². The van der Waals surface area contributed by atoms with E-state index in [0.717, 1.165) is 12.8 Å². The molecule has 0 radical (unpaired) electrons. The minimum absolute atomic E-state index is 0.0962. The molecule has 1 saturated carbocycles. The largest absolute Gasteiger partial charge is 0.484 e. The summed E-state index contributed by atoms with van der Waals surface area (Å²) in [7, 11) is 0. The van der Waals surface area contributed by atoms with Gasteiger partial charge in [-0.1, -0.05) is 38.8 Å². The average Bonchev–Trinajstić information content (AvgIpc) is 2.76. The van der Waals surface area contributed by atoms with Crippen LogP contribution in [-0.2, 0) is 4.79 Å². The van der Waals surface area contributed by atoms with Crippen LogP contribution in [0, 0.1) is 17.7 Å². The van der Waals surface area contributed by atoms with Gasteiger partial charge >= 0.3 is 0 Å². The van der Waals surface area contributed by atoms with Crippen LogP contribution >= 0.6 is 0 Å². The van der Waals surface area contributed by atoms with Crippen molar-refractivity contribution in [2.45, 2.75) is 39.2 Å². The van der Waals surface area contributed by atoms with Crippen molar-refractivity contribution in [3.8, 4) is 16.9 Å². The van der Waals surface area contributed by atoms with Gasteiger partial charge in [0.2, 0.25) is 0 Å². The maximum Gasteiger partial charge on any atom is 0.258 e. The zero-order valence-electron chi connectivity index (χ0n) is 17.7. The second kappa shape index (κ2) is 8.92. The molecule has 31 heavy (non-hydrogen) atoms. The summed E-state index contributed by atoms with van der Waals surface area (Å²) >= 11 is 0. The lowest BCUT2D eigenvalue weighted by molar-refractivity contribution is -0.124. The van der Waals surface area contributed by atoms with Crippen LogP contribution in [0.1, 0.15) is 33.1 Å². The summed E-state index contributed by atoms with van der Waals surface area (Å²) in [6.07, 6.45) is 4.69. The molecule has 162 valence electrons. The fourth-order valence-corrected chi connectivity index (χ4v) is 4.21. The summed E-state index contributed by atoms with van der Waals surface area (Å²) in [5.74, 6) is 0.975. The number of amides is 1. The second-order valence-electron chi connectivity index (χ2n) is 8.37. The van der Waals surface area contributed by atoms with Gasteiger partial charge in [-0.25, -0.2) is 4.39 Å². The normalized spacial score (nSPS) is 21.1. The predicted octanol–water partition coefficient (Wildman–Crippen LogP) is 4.92. The third kappa shape index (κ3) is 4.63. The van der Waals surface area contributed by atoms with Crippen LogP contribution in [0.2, 0.25) is 0 Å². The zero-order valence-corrected chi connectivity index (χ0v) is 17.7. The lowest BCUT2D eigenvalue weighted by Crippen LogP contribution is -2.45. The number of carbonyl (C=O) groups excluding carboxylic acids is 1. The van der Waals surface area contributed by atoms with E-state index in [1.165, 1.54) is 36.9 Å². The molecule has 1 fully saturated rings. The van der Waals surface area contributed by atoms with Gasteiger partial charge in [0, 0.05) is 12.1 Å². The summed E-state index contributed by atoms with van der Waals surface area (Å²) in [5, 5.41) is 3.47. The van der Waals surface area contributed by atoms with Gasteiger partial charge in [0.15, 0.2) is 12.0 Å². The first-order valence-electron chi connectivity index (χ1n) is 10.7. The van der Waals surface area contributed by atoms with Crippen molar-refractivity contribution in [3.05, 3.63) is 64.8 Å². The second-order valence-corrected chi connectivity index (χ2v) is 8.37. The van der Waals surface area contributed by atoms with Gasteiger partial charge in [0.1, 0.15) is 23.4 Å². The smallest absolute Gasteiger partial charge is 0.258 e. The van der Waals surface area contributed by atoms with Crippen molar-refractivity contribution < 1.29 is 18.3 Å². The van der Waals surface area contributed by atoms with Crippen molar-refractivity contribution in [3.63, 3.8) is 0 Å². The Bertz CT molecular complexity index is 1140. The molecule has 1 aliphatic rings. The van der Waals surface area contributed by atoms with E-state index in [4.69, 9.17) is 9.15 Å². The number of halogens is 1. The van der Waals surface area contributed by atoms with Crippen LogP contribution in [0.25, 0.3) is 22.1 Å². The fraction of sp³-hybridized carbons (Fsp3) is 0.360. The Morgan fingerprint density at radius 3 is 2.71 bits per heavy atom. The van der Waals surface area contributed by atoms with Crippen LogP contribution in [0.4, 0.5) is 4.39 Å². The van der Waals surface area contributed by atoms with Crippen LogP contribution < -0.4 is 15.5 Å². The topological polar surface area (TPSA) is 68.5 Å². The minimum Gasteiger partial charge on any atom is -0.484 e. The number of benzene rings is 2. The van der Waals surface area contributed by atoms with Gasteiger partial charge in [-0.2, -0.15) is 0 Å². The van der Waals surface area contributed by atoms with Crippen molar-refractivity contribution in [2.75, 3.05) is 6.61 Å². The molecule has 3 atom stereocenters. The third-order valence-electron chi connectivity index (χ3n) is 6.32. The molecule has 0 aliphatic heterocycles. The molecule has 1 aromatic heterocycles. The SMILES string of the molecule is C[C@@H]1[C@H](C)CCC[C@@H]1NC(=O)COc1ccc2c(=O)c(-c3ccc(F)cc3)coc2c1. The Morgan fingerprint density at radius 1 is 1.16 bits per heavy atom. The van der Waals surface area contributed by atoms with Gasteiger partial charge in [0.05, 0.1) is 10.9 Å². The van der Waals surface area contributed by atoms with Crippen LogP contribution in [0.3, 0.4) is 0 Å². The maximum atomic E-state index is 13.2. The molecule has 2 aromatic carbocycles. The number of fused-ring (bicyclic) bond motifs is 1. The van der Waals surface area contributed by atoms with Crippen molar-refractivity contribution in [1.82, 2.24) is 5.32 Å². The number of carbonyl (C=O) groups is 1. The highest BCUT2D eigenvalue weighted by Gasteiger charge is 2.28. The minimum atomic E-state index is -0.368. The third-order valence-corrected chi connectivity index (χ3v) is 6.32. The zero-order chi connectivity index (χ0) is 22.0. The molecule has 1 aliphatic carbocycles. The van der Waals surface area contributed by atoms with E-state index in [1.54, 1.807) is 18.2 Å². The highest BCUT2D eigenvalue weighted by atomic mass is 19.1. The molecule has 1 heterocycles.